The molecule has 0 heterocycles. The second-order valence-corrected chi connectivity index (χ2v) is 11.9. The lowest BCUT2D eigenvalue weighted by atomic mass is 10.0. The smallest absolute Gasteiger partial charge is 0.309 e. The number of rotatable bonds is 3. The Kier molecular flexibility index (Phi) is 2.94. The molecule has 4 atom stereocenters. The molecule has 0 bridgehead atoms. The predicted molar refractivity (Wildman–Crippen MR) is 69.4 cm³/mol. The summed E-state index contributed by atoms with van der Waals surface area (Å²) in [6.07, 6.45) is 2.00. The van der Waals surface area contributed by atoms with Crippen molar-refractivity contribution in [1.29, 1.82) is 0 Å². The zero-order valence-electron chi connectivity index (χ0n) is 11.5. The Morgan fingerprint density at radius 3 is 2.35 bits per heavy atom. The molecule has 2 aliphatic rings. The standard InChI is InChI=1S/C13H24O3Si/c1-13(2,3)17(4,5)16-11-9-6-8(9)7-10(11)12(14)15/h8-11H,6-7H2,1-5H3,(H,14,15)/t8-,9-,10-,11-/m0/s1. The number of hydrogen-bond donors (Lipinski definition) is 1. The fraction of sp³-hybridized carbons (Fsp3) is 0.923. The molecule has 0 aromatic heterocycles. The number of hydrogen-bond acceptors (Lipinski definition) is 2. The van der Waals surface area contributed by atoms with Crippen LogP contribution in [-0.4, -0.2) is 25.5 Å². The lowest BCUT2D eigenvalue weighted by Crippen LogP contribution is -2.46. The Morgan fingerprint density at radius 2 is 1.88 bits per heavy atom. The van der Waals surface area contributed by atoms with E-state index in [4.69, 9.17) is 4.43 Å². The zero-order chi connectivity index (χ0) is 13.0. The second kappa shape index (κ2) is 3.82. The fourth-order valence-corrected chi connectivity index (χ4v) is 4.00. The van der Waals surface area contributed by atoms with Gasteiger partial charge in [0, 0.05) is 0 Å². The third kappa shape index (κ3) is 2.29. The average molecular weight is 256 g/mol. The molecule has 0 aliphatic heterocycles. The van der Waals surface area contributed by atoms with Gasteiger partial charge in [-0.05, 0) is 42.8 Å². The van der Waals surface area contributed by atoms with E-state index < -0.39 is 14.3 Å². The van der Waals surface area contributed by atoms with Crippen molar-refractivity contribution in [3.05, 3.63) is 0 Å². The van der Waals surface area contributed by atoms with Gasteiger partial charge in [0.15, 0.2) is 8.32 Å². The van der Waals surface area contributed by atoms with Gasteiger partial charge in [-0.1, -0.05) is 20.8 Å². The number of carbonyl (C=O) groups is 1. The summed E-state index contributed by atoms with van der Waals surface area (Å²) in [6.45, 7) is 11.0. The molecule has 0 aromatic rings. The van der Waals surface area contributed by atoms with Crippen molar-refractivity contribution in [2.75, 3.05) is 0 Å². The number of carboxylic acid groups (broad SMARTS) is 1. The first kappa shape index (κ1) is 13.1. The molecule has 2 fully saturated rings. The van der Waals surface area contributed by atoms with Crippen molar-refractivity contribution < 1.29 is 14.3 Å². The highest BCUT2D eigenvalue weighted by Gasteiger charge is 2.58. The van der Waals surface area contributed by atoms with Crippen LogP contribution in [-0.2, 0) is 9.22 Å². The van der Waals surface area contributed by atoms with Crippen molar-refractivity contribution in [1.82, 2.24) is 0 Å². The Hall–Kier alpha value is -0.353. The first-order chi connectivity index (χ1) is 7.63. The van der Waals surface area contributed by atoms with Crippen molar-refractivity contribution in [2.45, 2.75) is 57.8 Å². The SMILES string of the molecule is CC(C)(C)[Si](C)(C)O[C@H]1[C@H]2C[C@H]2C[C@@H]1C(=O)O. The summed E-state index contributed by atoms with van der Waals surface area (Å²) in [6, 6.07) is 0. The molecule has 0 saturated heterocycles. The van der Waals surface area contributed by atoms with Gasteiger partial charge in [-0.2, -0.15) is 0 Å². The molecule has 2 saturated carbocycles. The topological polar surface area (TPSA) is 46.5 Å². The van der Waals surface area contributed by atoms with Gasteiger partial charge in [0.25, 0.3) is 0 Å². The molecule has 2 rings (SSSR count). The molecule has 0 radical (unpaired) electrons. The minimum Gasteiger partial charge on any atom is -0.481 e. The highest BCUT2D eigenvalue weighted by Crippen LogP contribution is 2.57. The highest BCUT2D eigenvalue weighted by molar-refractivity contribution is 6.74. The van der Waals surface area contributed by atoms with Crippen LogP contribution in [0.1, 0.15) is 33.6 Å². The molecule has 1 N–H and O–H groups in total. The van der Waals surface area contributed by atoms with E-state index in [0.29, 0.717) is 11.8 Å². The Labute approximate surface area is 105 Å². The molecular weight excluding hydrogens is 232 g/mol. The molecule has 17 heavy (non-hydrogen) atoms. The van der Waals surface area contributed by atoms with E-state index in [0.717, 1.165) is 6.42 Å². The fourth-order valence-electron chi connectivity index (χ4n) is 2.63. The van der Waals surface area contributed by atoms with Crippen molar-refractivity contribution >= 4 is 14.3 Å². The molecule has 2 aliphatic carbocycles. The molecule has 0 unspecified atom stereocenters. The number of fused-ring (bicyclic) bond motifs is 1. The summed E-state index contributed by atoms with van der Waals surface area (Å²) >= 11 is 0. The molecule has 3 nitrogen and oxygen atoms in total. The third-order valence-corrected chi connectivity index (χ3v) is 9.38. The van der Waals surface area contributed by atoms with Crippen molar-refractivity contribution in [3.63, 3.8) is 0 Å². The summed E-state index contributed by atoms with van der Waals surface area (Å²) < 4.78 is 6.35. The van der Waals surface area contributed by atoms with Crippen LogP contribution in [0.3, 0.4) is 0 Å². The number of carboxylic acids is 1. The predicted octanol–water partition coefficient (Wildman–Crippen LogP) is 3.12. The van der Waals surface area contributed by atoms with Gasteiger partial charge in [0.05, 0.1) is 12.0 Å². The van der Waals surface area contributed by atoms with Gasteiger partial charge in [-0.3, -0.25) is 4.79 Å². The third-order valence-electron chi connectivity index (χ3n) is 4.91. The molecular formula is C13H24O3Si. The van der Waals surface area contributed by atoms with E-state index in [1.165, 1.54) is 6.42 Å². The van der Waals surface area contributed by atoms with Crippen LogP contribution in [0, 0.1) is 17.8 Å². The van der Waals surface area contributed by atoms with Crippen LogP contribution >= 0.6 is 0 Å². The number of aliphatic carboxylic acids is 1. The van der Waals surface area contributed by atoms with Gasteiger partial charge >= 0.3 is 5.97 Å². The van der Waals surface area contributed by atoms with Gasteiger partial charge in [-0.25, -0.2) is 0 Å². The highest BCUT2D eigenvalue weighted by atomic mass is 28.4. The Morgan fingerprint density at radius 1 is 1.29 bits per heavy atom. The first-order valence-electron chi connectivity index (χ1n) is 6.54. The molecule has 0 spiro atoms. The Balaban J connectivity index is 2.09. The zero-order valence-corrected chi connectivity index (χ0v) is 12.5. The lowest BCUT2D eigenvalue weighted by molar-refractivity contribution is -0.144. The van der Waals surface area contributed by atoms with Gasteiger partial charge in [-0.15, -0.1) is 0 Å². The molecule has 0 amide bonds. The molecule has 0 aromatic carbocycles. The van der Waals surface area contributed by atoms with Gasteiger partial charge < -0.3 is 9.53 Å². The maximum atomic E-state index is 11.2. The summed E-state index contributed by atoms with van der Waals surface area (Å²) in [4.78, 5) is 11.2. The normalized spacial score (nSPS) is 36.8. The van der Waals surface area contributed by atoms with Crippen LogP contribution in [0.15, 0.2) is 0 Å². The molecule has 98 valence electrons. The van der Waals surface area contributed by atoms with E-state index in [-0.39, 0.29) is 17.1 Å². The second-order valence-electron chi connectivity index (χ2n) is 7.18. The van der Waals surface area contributed by atoms with Gasteiger partial charge in [0.1, 0.15) is 0 Å². The van der Waals surface area contributed by atoms with Crippen LogP contribution in [0.25, 0.3) is 0 Å². The maximum Gasteiger partial charge on any atom is 0.309 e. The lowest BCUT2D eigenvalue weighted by Gasteiger charge is -2.40. The van der Waals surface area contributed by atoms with E-state index in [2.05, 4.69) is 33.9 Å². The van der Waals surface area contributed by atoms with Gasteiger partial charge in [0.2, 0.25) is 0 Å². The van der Waals surface area contributed by atoms with Crippen molar-refractivity contribution in [3.8, 4) is 0 Å². The summed E-state index contributed by atoms with van der Waals surface area (Å²) in [5.74, 6) is 0.241. The van der Waals surface area contributed by atoms with E-state index in [9.17, 15) is 9.90 Å². The van der Waals surface area contributed by atoms with E-state index in [1.54, 1.807) is 0 Å². The maximum absolute atomic E-state index is 11.2. The summed E-state index contributed by atoms with van der Waals surface area (Å²) in [5, 5.41) is 9.41. The van der Waals surface area contributed by atoms with Crippen LogP contribution < -0.4 is 0 Å². The largest absolute Gasteiger partial charge is 0.481 e. The summed E-state index contributed by atoms with van der Waals surface area (Å²) in [5.41, 5.74) is 0. The van der Waals surface area contributed by atoms with Crippen molar-refractivity contribution in [2.24, 2.45) is 17.8 Å². The van der Waals surface area contributed by atoms with Crippen LogP contribution in [0.2, 0.25) is 18.1 Å². The summed E-state index contributed by atoms with van der Waals surface area (Å²) in [7, 11) is -1.84. The minimum atomic E-state index is -1.84. The average Bonchev–Trinajstić information content (AvgIpc) is 2.81. The van der Waals surface area contributed by atoms with Crippen LogP contribution in [0.4, 0.5) is 0 Å². The van der Waals surface area contributed by atoms with E-state index in [1.807, 2.05) is 0 Å². The van der Waals surface area contributed by atoms with Crippen LogP contribution in [0.5, 0.6) is 0 Å². The minimum absolute atomic E-state index is 0.0154. The monoisotopic (exact) mass is 256 g/mol. The van der Waals surface area contributed by atoms with E-state index >= 15 is 0 Å². The molecule has 4 heteroatoms. The Bertz CT molecular complexity index is 332. The quantitative estimate of drug-likeness (QED) is 0.789. The first-order valence-corrected chi connectivity index (χ1v) is 9.45.